The molecule has 1 heterocycles. The SMILES string of the molecule is O=C(COc1ccccc1Br)NCCN1C(=O)S/C(=C\c2ccccc2F)C1=O. The standard InChI is InChI=1S/C20H16BrFN2O4S/c21-14-6-2-4-8-16(14)28-12-18(25)23-9-10-24-19(26)17(29-20(24)27)11-13-5-1-3-7-15(13)22/h1-8,11H,9-10,12H2,(H,23,25)/b17-11-. The van der Waals surface area contributed by atoms with Gasteiger partial charge in [-0.05, 0) is 52.0 Å². The zero-order valence-electron chi connectivity index (χ0n) is 15.1. The number of hydrogen-bond donors (Lipinski definition) is 1. The summed E-state index contributed by atoms with van der Waals surface area (Å²) in [6.07, 6.45) is 1.35. The maximum Gasteiger partial charge on any atom is 0.293 e. The second-order valence-electron chi connectivity index (χ2n) is 5.92. The van der Waals surface area contributed by atoms with Crippen LogP contribution in [-0.4, -0.2) is 41.6 Å². The average Bonchev–Trinajstić information content (AvgIpc) is 2.96. The molecular formula is C20H16BrFN2O4S. The predicted molar refractivity (Wildman–Crippen MR) is 112 cm³/mol. The Labute approximate surface area is 179 Å². The summed E-state index contributed by atoms with van der Waals surface area (Å²) < 4.78 is 19.9. The molecule has 0 radical (unpaired) electrons. The van der Waals surface area contributed by atoms with E-state index in [0.717, 1.165) is 21.1 Å². The van der Waals surface area contributed by atoms with Crippen LogP contribution in [0.4, 0.5) is 9.18 Å². The van der Waals surface area contributed by atoms with Crippen LogP contribution in [0.3, 0.4) is 0 Å². The molecule has 1 N–H and O–H groups in total. The summed E-state index contributed by atoms with van der Waals surface area (Å²) in [5.74, 6) is -0.833. The van der Waals surface area contributed by atoms with E-state index in [1.54, 1.807) is 30.3 Å². The lowest BCUT2D eigenvalue weighted by molar-refractivity contribution is -0.125. The molecule has 1 saturated heterocycles. The van der Waals surface area contributed by atoms with Crippen molar-refractivity contribution in [2.45, 2.75) is 0 Å². The van der Waals surface area contributed by atoms with Gasteiger partial charge in [0, 0.05) is 18.7 Å². The lowest BCUT2D eigenvalue weighted by atomic mass is 10.2. The highest BCUT2D eigenvalue weighted by Gasteiger charge is 2.34. The van der Waals surface area contributed by atoms with Crippen LogP contribution in [0.15, 0.2) is 57.9 Å². The Kier molecular flexibility index (Phi) is 7.05. The van der Waals surface area contributed by atoms with Crippen LogP contribution in [0, 0.1) is 5.82 Å². The number of carbonyl (C=O) groups is 3. The number of carbonyl (C=O) groups excluding carboxylic acids is 3. The highest BCUT2D eigenvalue weighted by Crippen LogP contribution is 2.32. The monoisotopic (exact) mass is 478 g/mol. The van der Waals surface area contributed by atoms with Crippen LogP contribution in [-0.2, 0) is 9.59 Å². The van der Waals surface area contributed by atoms with Gasteiger partial charge < -0.3 is 10.1 Å². The Hall–Kier alpha value is -2.65. The first-order chi connectivity index (χ1) is 14.0. The van der Waals surface area contributed by atoms with Crippen molar-refractivity contribution in [2.75, 3.05) is 19.7 Å². The molecule has 0 spiro atoms. The number of hydrogen-bond acceptors (Lipinski definition) is 5. The highest BCUT2D eigenvalue weighted by atomic mass is 79.9. The predicted octanol–water partition coefficient (Wildman–Crippen LogP) is 3.82. The second-order valence-corrected chi connectivity index (χ2v) is 7.77. The summed E-state index contributed by atoms with van der Waals surface area (Å²) in [7, 11) is 0. The van der Waals surface area contributed by atoms with Crippen molar-refractivity contribution in [3.05, 3.63) is 69.3 Å². The number of ether oxygens (including phenoxy) is 1. The van der Waals surface area contributed by atoms with E-state index >= 15 is 0 Å². The number of imide groups is 1. The Bertz CT molecular complexity index is 982. The molecule has 0 unspecified atom stereocenters. The topological polar surface area (TPSA) is 75.7 Å². The number of nitrogens with zero attached hydrogens (tertiary/aromatic N) is 1. The van der Waals surface area contributed by atoms with Gasteiger partial charge in [-0.25, -0.2) is 4.39 Å². The molecule has 3 amide bonds. The van der Waals surface area contributed by atoms with Gasteiger partial charge in [0.05, 0.1) is 9.38 Å². The van der Waals surface area contributed by atoms with Crippen LogP contribution < -0.4 is 10.1 Å². The molecule has 2 aromatic carbocycles. The molecule has 3 rings (SSSR count). The van der Waals surface area contributed by atoms with Crippen LogP contribution >= 0.6 is 27.7 Å². The molecule has 0 aromatic heterocycles. The molecule has 150 valence electrons. The molecule has 6 nitrogen and oxygen atoms in total. The molecule has 0 bridgehead atoms. The maximum absolute atomic E-state index is 13.8. The first kappa shape index (κ1) is 21.1. The van der Waals surface area contributed by atoms with Crippen molar-refractivity contribution in [3.63, 3.8) is 0 Å². The lowest BCUT2D eigenvalue weighted by Crippen LogP contribution is -2.38. The fourth-order valence-electron chi connectivity index (χ4n) is 2.49. The van der Waals surface area contributed by atoms with Crippen molar-refractivity contribution in [2.24, 2.45) is 0 Å². The van der Waals surface area contributed by atoms with Gasteiger partial charge in [-0.1, -0.05) is 30.3 Å². The summed E-state index contributed by atoms with van der Waals surface area (Å²) in [5, 5.41) is 2.14. The number of thioether (sulfide) groups is 1. The Morgan fingerprint density at radius 2 is 1.90 bits per heavy atom. The number of para-hydroxylation sites is 1. The second kappa shape index (κ2) is 9.71. The fraction of sp³-hybridized carbons (Fsp3) is 0.150. The minimum atomic E-state index is -0.512. The third kappa shape index (κ3) is 5.45. The highest BCUT2D eigenvalue weighted by molar-refractivity contribution is 9.10. The van der Waals surface area contributed by atoms with Crippen LogP contribution in [0.2, 0.25) is 0 Å². The van der Waals surface area contributed by atoms with Gasteiger partial charge in [0.15, 0.2) is 6.61 Å². The molecule has 29 heavy (non-hydrogen) atoms. The van der Waals surface area contributed by atoms with Crippen molar-refractivity contribution in [3.8, 4) is 5.75 Å². The van der Waals surface area contributed by atoms with E-state index in [-0.39, 0.29) is 36.1 Å². The summed E-state index contributed by atoms with van der Waals surface area (Å²) in [6, 6.07) is 13.1. The normalized spacial score (nSPS) is 15.1. The minimum Gasteiger partial charge on any atom is -0.483 e. The van der Waals surface area contributed by atoms with E-state index in [9.17, 15) is 18.8 Å². The van der Waals surface area contributed by atoms with Crippen LogP contribution in [0.25, 0.3) is 6.08 Å². The summed E-state index contributed by atoms with van der Waals surface area (Å²) in [5.41, 5.74) is 0.232. The lowest BCUT2D eigenvalue weighted by Gasteiger charge is -2.13. The first-order valence-corrected chi connectivity index (χ1v) is 10.2. The Balaban J connectivity index is 1.50. The van der Waals surface area contributed by atoms with E-state index in [1.807, 2.05) is 6.07 Å². The minimum absolute atomic E-state index is 0.0139. The van der Waals surface area contributed by atoms with Gasteiger partial charge >= 0.3 is 0 Å². The van der Waals surface area contributed by atoms with E-state index in [2.05, 4.69) is 21.2 Å². The summed E-state index contributed by atoms with van der Waals surface area (Å²) in [6.45, 7) is -0.0963. The largest absolute Gasteiger partial charge is 0.483 e. The summed E-state index contributed by atoms with van der Waals surface area (Å²) >= 11 is 4.06. The van der Waals surface area contributed by atoms with Crippen LogP contribution in [0.1, 0.15) is 5.56 Å². The van der Waals surface area contributed by atoms with E-state index in [1.165, 1.54) is 18.2 Å². The van der Waals surface area contributed by atoms with Crippen molar-refractivity contribution in [1.29, 1.82) is 0 Å². The molecule has 0 aliphatic carbocycles. The smallest absolute Gasteiger partial charge is 0.293 e. The Morgan fingerprint density at radius 3 is 2.66 bits per heavy atom. The van der Waals surface area contributed by atoms with Gasteiger partial charge in [-0.3, -0.25) is 19.3 Å². The van der Waals surface area contributed by atoms with Crippen molar-refractivity contribution in [1.82, 2.24) is 10.2 Å². The quantitative estimate of drug-likeness (QED) is 0.612. The van der Waals surface area contributed by atoms with Crippen molar-refractivity contribution < 1.29 is 23.5 Å². The van der Waals surface area contributed by atoms with Gasteiger partial charge in [0.2, 0.25) is 0 Å². The first-order valence-electron chi connectivity index (χ1n) is 8.59. The zero-order valence-corrected chi connectivity index (χ0v) is 17.5. The van der Waals surface area contributed by atoms with Crippen LogP contribution in [0.5, 0.6) is 5.75 Å². The third-order valence-corrected chi connectivity index (χ3v) is 5.48. The molecule has 2 aromatic rings. The average molecular weight is 479 g/mol. The maximum atomic E-state index is 13.8. The molecule has 1 aliphatic heterocycles. The van der Waals surface area contributed by atoms with Gasteiger partial charge in [-0.15, -0.1) is 0 Å². The number of benzene rings is 2. The van der Waals surface area contributed by atoms with Gasteiger partial charge in [-0.2, -0.15) is 0 Å². The molecule has 0 atom stereocenters. The van der Waals surface area contributed by atoms with Crippen molar-refractivity contribution >= 4 is 50.8 Å². The molecule has 1 aliphatic rings. The molecule has 1 fully saturated rings. The Morgan fingerprint density at radius 1 is 1.17 bits per heavy atom. The van der Waals surface area contributed by atoms with E-state index in [4.69, 9.17) is 4.74 Å². The zero-order chi connectivity index (χ0) is 20.8. The fourth-order valence-corrected chi connectivity index (χ4v) is 3.74. The number of rotatable bonds is 7. The van der Waals surface area contributed by atoms with E-state index in [0.29, 0.717) is 5.75 Å². The summed E-state index contributed by atoms with van der Waals surface area (Å²) in [4.78, 5) is 37.6. The van der Waals surface area contributed by atoms with E-state index < -0.39 is 17.0 Å². The van der Waals surface area contributed by atoms with Gasteiger partial charge in [0.25, 0.3) is 17.1 Å². The number of amides is 3. The third-order valence-electron chi connectivity index (χ3n) is 3.92. The molecular weight excluding hydrogens is 463 g/mol. The number of nitrogens with one attached hydrogen (secondary N) is 1. The van der Waals surface area contributed by atoms with Gasteiger partial charge in [0.1, 0.15) is 11.6 Å². The number of halogens is 2. The molecule has 9 heteroatoms. The molecule has 0 saturated carbocycles.